The number of hydrazine groups is 1. The molecule has 0 bridgehead atoms. The molecule has 0 aliphatic rings. The molecule has 298 valence electrons. The van der Waals surface area contributed by atoms with Crippen molar-refractivity contribution in [3.63, 3.8) is 0 Å². The molecule has 5 rings (SSSR count). The highest BCUT2D eigenvalue weighted by Crippen LogP contribution is 2.32. The first-order valence-electron chi connectivity index (χ1n) is 19.1. The number of nitrogens with zero attached hydrogens (tertiary/aromatic N) is 1. The molecule has 1 aromatic heterocycles. The molecule has 5 aromatic rings. The monoisotopic (exact) mass is 781 g/mol. The maximum absolute atomic E-state index is 14.2. The van der Waals surface area contributed by atoms with Crippen LogP contribution in [0.25, 0.3) is 20.9 Å². The summed E-state index contributed by atoms with van der Waals surface area (Å²) in [5.74, 6) is -1.32. The van der Waals surface area contributed by atoms with E-state index >= 15 is 0 Å². The third kappa shape index (κ3) is 11.5. The lowest BCUT2D eigenvalue weighted by Gasteiger charge is -2.39. The minimum Gasteiger partial charge on any atom is -0.488 e. The molecule has 0 saturated heterocycles. The highest BCUT2D eigenvalue weighted by molar-refractivity contribution is 7.17. The van der Waals surface area contributed by atoms with Crippen LogP contribution in [0.15, 0.2) is 96.4 Å². The van der Waals surface area contributed by atoms with Gasteiger partial charge in [-0.25, -0.2) is 9.80 Å². The fourth-order valence-electron chi connectivity index (χ4n) is 6.72. The highest BCUT2D eigenvalue weighted by Gasteiger charge is 2.41. The zero-order valence-electron chi connectivity index (χ0n) is 33.4. The second-order valence-corrected chi connectivity index (χ2v) is 15.7. The molecule has 4 aromatic carbocycles. The number of carbonyl (C=O) groups is 3. The summed E-state index contributed by atoms with van der Waals surface area (Å²) in [5, 5.41) is 15.7. The minimum atomic E-state index is -1.17. The van der Waals surface area contributed by atoms with Gasteiger partial charge in [0.25, 0.3) is 0 Å². The van der Waals surface area contributed by atoms with Crippen molar-refractivity contribution >= 4 is 50.0 Å². The van der Waals surface area contributed by atoms with Crippen molar-refractivity contribution in [1.82, 2.24) is 26.4 Å². The number of rotatable bonds is 18. The van der Waals surface area contributed by atoms with Crippen LogP contribution in [-0.2, 0) is 38.4 Å². The number of nitrogens with one attached hydrogen (secondary N) is 4. The first-order valence-corrected chi connectivity index (χ1v) is 20.0. The van der Waals surface area contributed by atoms with E-state index in [1.54, 1.807) is 18.4 Å². The predicted octanol–water partition coefficient (Wildman–Crippen LogP) is 7.12. The molecule has 4 amide bonds. The number of fused-ring (bicyclic) bond motifs is 2. The first kappa shape index (κ1) is 42.1. The van der Waals surface area contributed by atoms with Crippen LogP contribution < -0.4 is 26.1 Å². The summed E-state index contributed by atoms with van der Waals surface area (Å²) in [7, 11) is 1.59. The average molecular weight is 782 g/mol. The van der Waals surface area contributed by atoms with Gasteiger partial charge in [-0.2, -0.15) is 0 Å². The molecule has 0 fully saturated rings. The van der Waals surface area contributed by atoms with E-state index in [1.165, 1.54) is 5.01 Å². The van der Waals surface area contributed by atoms with E-state index in [2.05, 4.69) is 38.9 Å². The number of carbonyl (C=O) groups excluding carboxylic acids is 3. The van der Waals surface area contributed by atoms with Crippen molar-refractivity contribution in [2.24, 2.45) is 0 Å². The van der Waals surface area contributed by atoms with Crippen LogP contribution in [0.1, 0.15) is 58.2 Å². The van der Waals surface area contributed by atoms with E-state index in [9.17, 15) is 14.4 Å². The zero-order chi connectivity index (χ0) is 40.3. The molecule has 2 atom stereocenters. The van der Waals surface area contributed by atoms with Crippen LogP contribution in [0.5, 0.6) is 5.75 Å². The van der Waals surface area contributed by atoms with Gasteiger partial charge in [0.2, 0.25) is 11.8 Å². The summed E-state index contributed by atoms with van der Waals surface area (Å²) in [4.78, 5) is 40.6. The van der Waals surface area contributed by atoms with Crippen LogP contribution in [-0.4, -0.2) is 73.1 Å². The summed E-state index contributed by atoms with van der Waals surface area (Å²) < 4.78 is 19.9. The molecule has 11 nitrogen and oxygen atoms in total. The maximum atomic E-state index is 14.2. The smallest absolute Gasteiger partial charge is 0.329 e. The zero-order valence-corrected chi connectivity index (χ0v) is 34.3. The van der Waals surface area contributed by atoms with E-state index in [-0.39, 0.29) is 18.6 Å². The number of likely N-dealkylation sites (N-methyl/N-ethyl adjacent to an activating group) is 1. The van der Waals surface area contributed by atoms with Crippen molar-refractivity contribution in [1.29, 1.82) is 0 Å². The molecular weight excluding hydrogens is 727 g/mol. The minimum absolute atomic E-state index is 0.202. The van der Waals surface area contributed by atoms with E-state index in [4.69, 9.17) is 14.2 Å². The van der Waals surface area contributed by atoms with Crippen molar-refractivity contribution in [3.8, 4) is 5.75 Å². The van der Waals surface area contributed by atoms with E-state index in [0.29, 0.717) is 31.9 Å². The SMILES string of the molecule is CCOC(Cc1csc2ccccc12)(OCC)[C@H](C)NC(=O)[C@H](Cc1ccc(OC(C)(C)C)cc1)NC(=O)CN(C)NC(=O)NCc1cccc2ccccc12. The predicted molar refractivity (Wildman–Crippen MR) is 224 cm³/mol. The fourth-order valence-corrected chi connectivity index (χ4v) is 7.68. The molecule has 0 saturated carbocycles. The number of hydrogen-bond acceptors (Lipinski definition) is 8. The lowest BCUT2D eigenvalue weighted by atomic mass is 9.97. The topological polar surface area (TPSA) is 130 Å². The molecular formula is C44H55N5O6S. The molecule has 0 aliphatic heterocycles. The van der Waals surface area contributed by atoms with Gasteiger partial charge in [-0.3, -0.25) is 15.0 Å². The Kier molecular flexibility index (Phi) is 14.5. The van der Waals surface area contributed by atoms with E-state index in [1.807, 2.05) is 120 Å². The number of amides is 4. The summed E-state index contributed by atoms with van der Waals surface area (Å²) >= 11 is 1.65. The second kappa shape index (κ2) is 19.2. The molecule has 1 heterocycles. The second-order valence-electron chi connectivity index (χ2n) is 14.8. The summed E-state index contributed by atoms with van der Waals surface area (Å²) in [5.41, 5.74) is 5.18. The molecule has 56 heavy (non-hydrogen) atoms. The van der Waals surface area contributed by atoms with Crippen LogP contribution in [0.3, 0.4) is 0 Å². The Labute approximate surface area is 334 Å². The quantitative estimate of drug-likeness (QED) is 0.0551. The van der Waals surface area contributed by atoms with Gasteiger partial charge in [0.05, 0.1) is 12.6 Å². The number of hydrogen-bond donors (Lipinski definition) is 4. The van der Waals surface area contributed by atoms with Crippen LogP contribution in [0, 0.1) is 0 Å². The van der Waals surface area contributed by atoms with Gasteiger partial charge >= 0.3 is 6.03 Å². The Morgan fingerprint density at radius 1 is 0.804 bits per heavy atom. The van der Waals surface area contributed by atoms with Gasteiger partial charge in [-0.15, -0.1) is 11.3 Å². The van der Waals surface area contributed by atoms with E-state index < -0.39 is 35.7 Å². The maximum Gasteiger partial charge on any atom is 0.329 e. The number of benzene rings is 4. The summed E-state index contributed by atoms with van der Waals surface area (Å²) in [6.45, 7) is 12.4. The third-order valence-electron chi connectivity index (χ3n) is 9.23. The Morgan fingerprint density at radius 3 is 2.16 bits per heavy atom. The average Bonchev–Trinajstić information content (AvgIpc) is 3.56. The van der Waals surface area contributed by atoms with Gasteiger partial charge in [-0.05, 0) is 98.0 Å². The first-order chi connectivity index (χ1) is 26.8. The van der Waals surface area contributed by atoms with Gasteiger partial charge in [0, 0.05) is 44.3 Å². The molecule has 4 N–H and O–H groups in total. The van der Waals surface area contributed by atoms with Gasteiger partial charge in [-0.1, -0.05) is 72.8 Å². The van der Waals surface area contributed by atoms with E-state index in [0.717, 1.165) is 37.5 Å². The lowest BCUT2D eigenvalue weighted by molar-refractivity contribution is -0.246. The Bertz CT molecular complexity index is 2070. The standard InChI is InChI=1S/C44H55N5O6S/c1-8-53-44(54-9-2,26-34-29-56-39-20-13-12-19-37(34)39)30(3)46-41(51)38(25-31-21-23-35(24-22-31)55-43(4,5)6)47-40(50)28-49(7)48-42(52)45-27-33-17-14-16-32-15-10-11-18-36(32)33/h10-24,29-30,38H,8-9,25-28H2,1-7H3,(H,46,51)(H,47,50)(H2,45,48,52)/t30-,38-/m0/s1. The Hall–Kier alpha value is -5.01. The largest absolute Gasteiger partial charge is 0.488 e. The molecule has 0 aliphatic carbocycles. The van der Waals surface area contributed by atoms with Crippen LogP contribution in [0.4, 0.5) is 4.79 Å². The molecule has 12 heteroatoms. The van der Waals surface area contributed by atoms with Gasteiger partial charge < -0.3 is 30.2 Å². The number of urea groups is 1. The summed E-state index contributed by atoms with van der Waals surface area (Å²) in [6.07, 6.45) is 0.611. The van der Waals surface area contributed by atoms with Crippen LogP contribution in [0.2, 0.25) is 0 Å². The van der Waals surface area contributed by atoms with Crippen molar-refractivity contribution < 1.29 is 28.6 Å². The van der Waals surface area contributed by atoms with Crippen molar-refractivity contribution in [2.75, 3.05) is 26.8 Å². The Morgan fingerprint density at radius 2 is 1.46 bits per heavy atom. The third-order valence-corrected chi connectivity index (χ3v) is 10.2. The Balaban J connectivity index is 1.28. The summed E-state index contributed by atoms with van der Waals surface area (Å²) in [6, 6.07) is 27.6. The highest BCUT2D eigenvalue weighted by atomic mass is 32.1. The van der Waals surface area contributed by atoms with Gasteiger partial charge in [0.1, 0.15) is 17.4 Å². The number of thiophene rings is 1. The lowest BCUT2D eigenvalue weighted by Crippen LogP contribution is -2.60. The van der Waals surface area contributed by atoms with Gasteiger partial charge in [0.15, 0.2) is 5.79 Å². The van der Waals surface area contributed by atoms with Crippen LogP contribution >= 0.6 is 11.3 Å². The van der Waals surface area contributed by atoms with Crippen molar-refractivity contribution in [2.45, 2.75) is 84.4 Å². The molecule has 0 unspecified atom stereocenters. The fraction of sp³-hybridized carbons (Fsp3) is 0.386. The van der Waals surface area contributed by atoms with Crippen molar-refractivity contribution in [3.05, 3.63) is 113 Å². The number of ether oxygens (including phenoxy) is 3. The normalized spacial score (nSPS) is 13.0. The molecule has 0 radical (unpaired) electrons. The molecule has 0 spiro atoms.